The molecular formula is C11H17NOS. The molecule has 2 rings (SSSR count). The molecule has 2 atom stereocenters. The lowest BCUT2D eigenvalue weighted by Gasteiger charge is -2.13. The summed E-state index contributed by atoms with van der Waals surface area (Å²) in [7, 11) is 0. The van der Waals surface area contributed by atoms with Gasteiger partial charge in [-0.25, -0.2) is 0 Å². The minimum atomic E-state index is 0.209. The fraction of sp³-hybridized carbons (Fsp3) is 0.636. The Morgan fingerprint density at radius 2 is 2.57 bits per heavy atom. The summed E-state index contributed by atoms with van der Waals surface area (Å²) in [5.74, 6) is 0.674. The van der Waals surface area contributed by atoms with Crippen molar-refractivity contribution in [3.63, 3.8) is 0 Å². The minimum absolute atomic E-state index is 0.209. The van der Waals surface area contributed by atoms with Gasteiger partial charge in [0.1, 0.15) is 0 Å². The van der Waals surface area contributed by atoms with Gasteiger partial charge in [-0.1, -0.05) is 0 Å². The van der Waals surface area contributed by atoms with E-state index in [2.05, 4.69) is 18.4 Å². The number of ether oxygens (including phenoxy) is 1. The van der Waals surface area contributed by atoms with Gasteiger partial charge in [-0.05, 0) is 42.7 Å². The molecule has 3 heteroatoms. The summed E-state index contributed by atoms with van der Waals surface area (Å²) in [5.41, 5.74) is 7.47. The average molecular weight is 211 g/mol. The van der Waals surface area contributed by atoms with Gasteiger partial charge >= 0.3 is 0 Å². The van der Waals surface area contributed by atoms with Crippen LogP contribution in [-0.4, -0.2) is 13.2 Å². The second-order valence-corrected chi connectivity index (χ2v) is 5.04. The van der Waals surface area contributed by atoms with Crippen LogP contribution in [0.2, 0.25) is 0 Å². The fourth-order valence-electron chi connectivity index (χ4n) is 1.89. The van der Waals surface area contributed by atoms with E-state index in [1.165, 1.54) is 16.9 Å². The van der Waals surface area contributed by atoms with Crippen LogP contribution in [0.1, 0.15) is 29.3 Å². The first-order valence-corrected chi connectivity index (χ1v) is 6.02. The van der Waals surface area contributed by atoms with E-state index in [0.717, 1.165) is 19.6 Å². The molecule has 1 fully saturated rings. The van der Waals surface area contributed by atoms with Crippen molar-refractivity contribution in [1.82, 2.24) is 0 Å². The predicted octanol–water partition coefficient (Wildman–Crippen LogP) is 2.48. The predicted molar refractivity (Wildman–Crippen MR) is 59.5 cm³/mol. The van der Waals surface area contributed by atoms with E-state index >= 15 is 0 Å². The summed E-state index contributed by atoms with van der Waals surface area (Å²) in [5, 5.41) is 2.17. The van der Waals surface area contributed by atoms with Crippen molar-refractivity contribution in [1.29, 1.82) is 0 Å². The normalized spacial score (nSPS) is 24.0. The third-order valence-corrected chi connectivity index (χ3v) is 3.91. The van der Waals surface area contributed by atoms with E-state index in [1.54, 1.807) is 11.3 Å². The van der Waals surface area contributed by atoms with Crippen molar-refractivity contribution < 1.29 is 4.74 Å². The molecule has 0 bridgehead atoms. The Morgan fingerprint density at radius 3 is 3.14 bits per heavy atom. The van der Waals surface area contributed by atoms with Gasteiger partial charge < -0.3 is 10.5 Å². The monoisotopic (exact) mass is 211 g/mol. The number of aryl methyl sites for hydroxylation is 1. The molecule has 0 spiro atoms. The molecule has 2 unspecified atom stereocenters. The number of rotatable bonds is 3. The first-order valence-electron chi connectivity index (χ1n) is 5.14. The fourth-order valence-corrected chi connectivity index (χ4v) is 2.81. The van der Waals surface area contributed by atoms with Gasteiger partial charge in [-0.3, -0.25) is 0 Å². The van der Waals surface area contributed by atoms with E-state index in [-0.39, 0.29) is 6.04 Å². The number of hydrogen-bond acceptors (Lipinski definition) is 3. The molecule has 1 saturated heterocycles. The van der Waals surface area contributed by atoms with Gasteiger partial charge in [0, 0.05) is 24.1 Å². The highest BCUT2D eigenvalue weighted by molar-refractivity contribution is 7.10. The Bertz CT molecular complexity index is 291. The Kier molecular flexibility index (Phi) is 3.21. The first kappa shape index (κ1) is 10.1. The summed E-state index contributed by atoms with van der Waals surface area (Å²) < 4.78 is 5.35. The molecule has 78 valence electrons. The van der Waals surface area contributed by atoms with Crippen LogP contribution >= 0.6 is 11.3 Å². The standard InChI is InChI=1S/C11H17NOS/c1-8-4-11(14-7-8)10(12)5-9-2-3-13-6-9/h4,7,9-10H,2-3,5-6,12H2,1H3. The summed E-state index contributed by atoms with van der Waals surface area (Å²) in [6.07, 6.45) is 2.25. The van der Waals surface area contributed by atoms with Crippen LogP contribution in [0, 0.1) is 12.8 Å². The van der Waals surface area contributed by atoms with Crippen molar-refractivity contribution in [2.45, 2.75) is 25.8 Å². The summed E-state index contributed by atoms with van der Waals surface area (Å²) in [6.45, 7) is 3.93. The van der Waals surface area contributed by atoms with Gasteiger partial charge in [-0.15, -0.1) is 11.3 Å². The highest BCUT2D eigenvalue weighted by atomic mass is 32.1. The third kappa shape index (κ3) is 2.35. The molecule has 1 aliphatic rings. The maximum absolute atomic E-state index is 6.14. The molecule has 0 saturated carbocycles. The zero-order valence-corrected chi connectivity index (χ0v) is 9.35. The van der Waals surface area contributed by atoms with Crippen LogP contribution in [0.25, 0.3) is 0 Å². The summed E-state index contributed by atoms with van der Waals surface area (Å²) >= 11 is 1.78. The van der Waals surface area contributed by atoms with Gasteiger partial charge in [0.05, 0.1) is 0 Å². The highest BCUT2D eigenvalue weighted by Gasteiger charge is 2.20. The van der Waals surface area contributed by atoms with Crippen LogP contribution in [0.5, 0.6) is 0 Å². The maximum Gasteiger partial charge on any atom is 0.0495 e. The van der Waals surface area contributed by atoms with Crippen LogP contribution in [0.3, 0.4) is 0 Å². The highest BCUT2D eigenvalue weighted by Crippen LogP contribution is 2.28. The molecule has 2 heterocycles. The molecule has 2 N–H and O–H groups in total. The van der Waals surface area contributed by atoms with Gasteiger partial charge in [0.15, 0.2) is 0 Å². The topological polar surface area (TPSA) is 35.2 Å². The van der Waals surface area contributed by atoms with E-state index in [1.807, 2.05) is 0 Å². The zero-order chi connectivity index (χ0) is 9.97. The van der Waals surface area contributed by atoms with Gasteiger partial charge in [0.25, 0.3) is 0 Å². The lowest BCUT2D eigenvalue weighted by atomic mass is 9.99. The second kappa shape index (κ2) is 4.43. The van der Waals surface area contributed by atoms with Crippen molar-refractivity contribution in [2.75, 3.05) is 13.2 Å². The third-order valence-electron chi connectivity index (χ3n) is 2.73. The molecule has 2 nitrogen and oxygen atoms in total. The largest absolute Gasteiger partial charge is 0.381 e. The molecule has 0 radical (unpaired) electrons. The van der Waals surface area contributed by atoms with Gasteiger partial charge in [0.2, 0.25) is 0 Å². The van der Waals surface area contributed by atoms with Crippen molar-refractivity contribution in [3.05, 3.63) is 21.9 Å². The quantitative estimate of drug-likeness (QED) is 0.833. The van der Waals surface area contributed by atoms with E-state index < -0.39 is 0 Å². The number of nitrogens with two attached hydrogens (primary N) is 1. The zero-order valence-electron chi connectivity index (χ0n) is 8.53. The van der Waals surface area contributed by atoms with Crippen molar-refractivity contribution in [3.8, 4) is 0 Å². The summed E-state index contributed by atoms with van der Waals surface area (Å²) in [6, 6.07) is 2.41. The Morgan fingerprint density at radius 1 is 1.71 bits per heavy atom. The summed E-state index contributed by atoms with van der Waals surface area (Å²) in [4.78, 5) is 1.31. The van der Waals surface area contributed by atoms with Crippen molar-refractivity contribution >= 4 is 11.3 Å². The molecule has 1 aromatic heterocycles. The van der Waals surface area contributed by atoms with Crippen molar-refractivity contribution in [2.24, 2.45) is 11.7 Å². The number of thiophene rings is 1. The Labute approximate surface area is 89.1 Å². The first-order chi connectivity index (χ1) is 6.75. The Hall–Kier alpha value is -0.380. The van der Waals surface area contributed by atoms with E-state index in [4.69, 9.17) is 10.5 Å². The van der Waals surface area contributed by atoms with Crippen LogP contribution in [-0.2, 0) is 4.74 Å². The lowest BCUT2D eigenvalue weighted by molar-refractivity contribution is 0.183. The molecule has 1 aromatic rings. The smallest absolute Gasteiger partial charge is 0.0495 e. The SMILES string of the molecule is Cc1csc(C(N)CC2CCOC2)c1. The van der Waals surface area contributed by atoms with Crippen LogP contribution < -0.4 is 5.73 Å². The van der Waals surface area contributed by atoms with Crippen LogP contribution in [0.15, 0.2) is 11.4 Å². The second-order valence-electron chi connectivity index (χ2n) is 4.10. The van der Waals surface area contributed by atoms with Gasteiger partial charge in [-0.2, -0.15) is 0 Å². The molecule has 0 amide bonds. The van der Waals surface area contributed by atoms with Crippen LogP contribution in [0.4, 0.5) is 0 Å². The minimum Gasteiger partial charge on any atom is -0.381 e. The number of hydrogen-bond donors (Lipinski definition) is 1. The Balaban J connectivity index is 1.91. The molecule has 0 aromatic carbocycles. The molecule has 14 heavy (non-hydrogen) atoms. The maximum atomic E-state index is 6.14. The molecule has 0 aliphatic carbocycles. The average Bonchev–Trinajstić information content (AvgIpc) is 2.75. The van der Waals surface area contributed by atoms with E-state index in [9.17, 15) is 0 Å². The molecular weight excluding hydrogens is 194 g/mol. The molecule has 1 aliphatic heterocycles. The van der Waals surface area contributed by atoms with E-state index in [0.29, 0.717) is 5.92 Å². The lowest BCUT2D eigenvalue weighted by Crippen LogP contribution is -2.14.